The van der Waals surface area contributed by atoms with E-state index >= 15 is 0 Å². The summed E-state index contributed by atoms with van der Waals surface area (Å²) < 4.78 is 0. The van der Waals surface area contributed by atoms with Crippen molar-refractivity contribution in [1.29, 1.82) is 0 Å². The molecule has 2 heterocycles. The number of rotatable bonds is 3. The topological polar surface area (TPSA) is 6.48 Å². The molecule has 84 valence electrons. The minimum absolute atomic E-state index is 0.870. The van der Waals surface area contributed by atoms with Crippen LogP contribution >= 0.6 is 0 Å². The van der Waals surface area contributed by atoms with Crippen LogP contribution in [-0.2, 0) is 0 Å². The smallest absolute Gasteiger partial charge is 0.0214 e. The lowest BCUT2D eigenvalue weighted by atomic mass is 10.0. The van der Waals surface area contributed by atoms with E-state index in [9.17, 15) is 0 Å². The molecule has 0 radical (unpaired) electrons. The maximum absolute atomic E-state index is 5.29. The van der Waals surface area contributed by atoms with Crippen LogP contribution in [0.2, 0.25) is 0 Å². The van der Waals surface area contributed by atoms with Crippen LogP contribution in [-0.4, -0.2) is 48.6 Å². The Labute approximate surface area is 93.6 Å². The number of terminal acetylenes is 1. The van der Waals surface area contributed by atoms with Crippen molar-refractivity contribution in [3.8, 4) is 12.3 Å². The third-order valence-corrected chi connectivity index (χ3v) is 3.79. The van der Waals surface area contributed by atoms with Crippen LogP contribution < -0.4 is 0 Å². The molecule has 0 bridgehead atoms. The monoisotopic (exact) mass is 206 g/mol. The highest BCUT2D eigenvalue weighted by atomic mass is 15.2. The summed E-state index contributed by atoms with van der Waals surface area (Å²) in [6.45, 7) is 6.29. The summed E-state index contributed by atoms with van der Waals surface area (Å²) in [4.78, 5) is 5.21. The van der Waals surface area contributed by atoms with Crippen LogP contribution in [0.1, 0.15) is 32.1 Å². The summed E-state index contributed by atoms with van der Waals surface area (Å²) in [5.74, 6) is 2.73. The Morgan fingerprint density at radius 1 is 1.07 bits per heavy atom. The van der Waals surface area contributed by atoms with Crippen LogP contribution in [0.25, 0.3) is 0 Å². The fourth-order valence-electron chi connectivity index (χ4n) is 2.84. The van der Waals surface area contributed by atoms with Crippen LogP contribution in [0.3, 0.4) is 0 Å². The number of likely N-dealkylation sites (tertiary alicyclic amines) is 2. The van der Waals surface area contributed by atoms with Gasteiger partial charge in [-0.1, -0.05) is 0 Å². The molecule has 2 aliphatic heterocycles. The molecule has 0 amide bonds. The van der Waals surface area contributed by atoms with Gasteiger partial charge in [0, 0.05) is 19.0 Å². The molecular formula is C13H22N2. The maximum atomic E-state index is 5.29. The molecule has 0 aromatic carbocycles. The molecule has 15 heavy (non-hydrogen) atoms. The van der Waals surface area contributed by atoms with E-state index in [0.29, 0.717) is 0 Å². The van der Waals surface area contributed by atoms with Crippen LogP contribution in [0.5, 0.6) is 0 Å². The van der Waals surface area contributed by atoms with Gasteiger partial charge in [0.1, 0.15) is 0 Å². The Bertz CT molecular complexity index is 217. The molecule has 0 N–H and O–H groups in total. The quantitative estimate of drug-likeness (QED) is 0.647. The zero-order valence-corrected chi connectivity index (χ0v) is 9.62. The highest BCUT2D eigenvalue weighted by Gasteiger charge is 2.25. The minimum atomic E-state index is 0.870. The Balaban J connectivity index is 1.69. The van der Waals surface area contributed by atoms with Gasteiger partial charge >= 0.3 is 0 Å². The third kappa shape index (κ3) is 2.96. The van der Waals surface area contributed by atoms with Crippen molar-refractivity contribution in [3.05, 3.63) is 0 Å². The van der Waals surface area contributed by atoms with Crippen LogP contribution in [0.4, 0.5) is 0 Å². The lowest BCUT2D eigenvalue weighted by molar-refractivity contribution is 0.128. The molecule has 2 heteroatoms. The Hall–Kier alpha value is -0.520. The fraction of sp³-hybridized carbons (Fsp3) is 0.846. The molecule has 0 spiro atoms. The first-order valence-corrected chi connectivity index (χ1v) is 6.30. The molecule has 0 aromatic heterocycles. The van der Waals surface area contributed by atoms with E-state index in [-0.39, 0.29) is 0 Å². The second kappa shape index (κ2) is 5.53. The fourth-order valence-corrected chi connectivity index (χ4v) is 2.84. The predicted octanol–water partition coefficient (Wildman–Crippen LogP) is 1.57. The summed E-state index contributed by atoms with van der Waals surface area (Å²) in [7, 11) is 0. The summed E-state index contributed by atoms with van der Waals surface area (Å²) in [6, 6.07) is 0.870. The van der Waals surface area contributed by atoms with Gasteiger partial charge in [0.25, 0.3) is 0 Å². The molecule has 2 saturated heterocycles. The maximum Gasteiger partial charge on any atom is 0.0214 e. The average molecular weight is 206 g/mol. The number of hydrogen-bond donors (Lipinski definition) is 0. The van der Waals surface area contributed by atoms with Crippen molar-refractivity contribution in [2.24, 2.45) is 0 Å². The van der Waals surface area contributed by atoms with E-state index in [1.54, 1.807) is 0 Å². The van der Waals surface area contributed by atoms with Crippen LogP contribution in [0.15, 0.2) is 0 Å². The lowest BCUT2D eigenvalue weighted by Gasteiger charge is -2.36. The van der Waals surface area contributed by atoms with Gasteiger partial charge in [-0.2, -0.15) is 0 Å². The summed E-state index contributed by atoms with van der Waals surface area (Å²) in [6.07, 6.45) is 11.7. The van der Waals surface area contributed by atoms with Gasteiger partial charge in [0.15, 0.2) is 0 Å². The standard InChI is InChI=1S/C13H22N2/c1-2-3-8-14-11-6-13(7-12-14)15-9-4-5-10-15/h1,13H,3-12H2. The SMILES string of the molecule is C#CCCN1CCC(N2CCCC2)CC1. The molecule has 0 unspecified atom stereocenters. The first-order chi connectivity index (χ1) is 7.40. The van der Waals surface area contributed by atoms with E-state index < -0.39 is 0 Å². The summed E-state index contributed by atoms with van der Waals surface area (Å²) in [5.41, 5.74) is 0. The number of nitrogens with zero attached hydrogens (tertiary/aromatic N) is 2. The molecule has 0 aliphatic carbocycles. The van der Waals surface area contributed by atoms with Gasteiger partial charge in [-0.25, -0.2) is 0 Å². The first kappa shape index (κ1) is 11.0. The predicted molar refractivity (Wildman–Crippen MR) is 63.7 cm³/mol. The molecule has 2 fully saturated rings. The molecular weight excluding hydrogens is 184 g/mol. The Morgan fingerprint density at radius 2 is 1.73 bits per heavy atom. The Kier molecular flexibility index (Phi) is 4.05. The average Bonchev–Trinajstić information content (AvgIpc) is 2.80. The van der Waals surface area contributed by atoms with E-state index in [1.165, 1.54) is 51.9 Å². The van der Waals surface area contributed by atoms with Crippen molar-refractivity contribution < 1.29 is 0 Å². The van der Waals surface area contributed by atoms with Crippen molar-refractivity contribution >= 4 is 0 Å². The molecule has 2 aliphatic rings. The van der Waals surface area contributed by atoms with E-state index in [2.05, 4.69) is 15.7 Å². The van der Waals surface area contributed by atoms with E-state index in [0.717, 1.165) is 19.0 Å². The number of hydrogen-bond acceptors (Lipinski definition) is 2. The number of piperidine rings is 1. The largest absolute Gasteiger partial charge is 0.302 e. The molecule has 0 saturated carbocycles. The van der Waals surface area contributed by atoms with Crippen molar-refractivity contribution in [2.45, 2.75) is 38.1 Å². The molecule has 2 nitrogen and oxygen atoms in total. The van der Waals surface area contributed by atoms with Gasteiger partial charge in [-0.05, 0) is 51.9 Å². The summed E-state index contributed by atoms with van der Waals surface area (Å²) >= 11 is 0. The van der Waals surface area contributed by atoms with Gasteiger partial charge in [0.05, 0.1) is 0 Å². The first-order valence-electron chi connectivity index (χ1n) is 6.30. The minimum Gasteiger partial charge on any atom is -0.302 e. The lowest BCUT2D eigenvalue weighted by Crippen LogP contribution is -2.43. The molecule has 0 aromatic rings. The molecule has 2 rings (SSSR count). The highest BCUT2D eigenvalue weighted by Crippen LogP contribution is 2.20. The van der Waals surface area contributed by atoms with Crippen molar-refractivity contribution in [2.75, 3.05) is 32.7 Å². The second-order valence-corrected chi connectivity index (χ2v) is 4.77. The van der Waals surface area contributed by atoms with Gasteiger partial charge in [0.2, 0.25) is 0 Å². The van der Waals surface area contributed by atoms with Crippen molar-refractivity contribution in [3.63, 3.8) is 0 Å². The van der Waals surface area contributed by atoms with E-state index in [1.807, 2.05) is 0 Å². The van der Waals surface area contributed by atoms with Gasteiger partial charge < -0.3 is 9.80 Å². The third-order valence-electron chi connectivity index (χ3n) is 3.79. The normalized spacial score (nSPS) is 25.5. The van der Waals surface area contributed by atoms with Gasteiger partial charge in [-0.3, -0.25) is 0 Å². The van der Waals surface area contributed by atoms with Crippen molar-refractivity contribution in [1.82, 2.24) is 9.80 Å². The van der Waals surface area contributed by atoms with Gasteiger partial charge in [-0.15, -0.1) is 12.3 Å². The summed E-state index contributed by atoms with van der Waals surface area (Å²) in [5, 5.41) is 0. The zero-order valence-electron chi connectivity index (χ0n) is 9.62. The zero-order chi connectivity index (χ0) is 10.5. The molecule has 0 atom stereocenters. The van der Waals surface area contributed by atoms with Crippen LogP contribution in [0, 0.1) is 12.3 Å². The Morgan fingerprint density at radius 3 is 2.33 bits per heavy atom. The second-order valence-electron chi connectivity index (χ2n) is 4.77. The van der Waals surface area contributed by atoms with E-state index in [4.69, 9.17) is 6.42 Å². The highest BCUT2D eigenvalue weighted by molar-refractivity contribution is 4.87.